The fraction of sp³-hybridized carbons (Fsp3) is 0.703. The summed E-state index contributed by atoms with van der Waals surface area (Å²) in [5.41, 5.74) is 2.45. The number of aliphatic hydroxyl groups is 1. The standard InChI is InChI=1S/C37H54ClN3O5S/c1-25-9-8-17-37(43,24-40-18-6-7-19-40)33-15-12-29(33)22-41-20-5-4-10-28-21-31(38)13-11-30(28)23-46-34-16-14-32(26(2)35(34)41)36(42)39-47(44,45)27(25)3/h11,13-14,16,21,25-27,29,32-33,43H,4-10,12,15,17-20,22-24H2,1-3H3,(H,39,42)/t25-,26?,27+,29-,32?,33+,37-/m0/s1. The molecule has 10 heteroatoms. The van der Waals surface area contributed by atoms with Crippen LogP contribution < -0.4 is 4.72 Å². The van der Waals surface area contributed by atoms with Gasteiger partial charge in [0.05, 0.1) is 22.5 Å². The van der Waals surface area contributed by atoms with E-state index >= 15 is 0 Å². The van der Waals surface area contributed by atoms with Crippen molar-refractivity contribution in [2.24, 2.45) is 29.6 Å². The fourth-order valence-corrected chi connectivity index (χ4v) is 10.4. The maximum Gasteiger partial charge on any atom is 0.241 e. The number of nitrogens with one attached hydrogen (secondary N) is 1. The highest BCUT2D eigenvalue weighted by Gasteiger charge is 2.48. The van der Waals surface area contributed by atoms with Crippen molar-refractivity contribution in [3.8, 4) is 0 Å². The average Bonchev–Trinajstić information content (AvgIpc) is 3.50. The summed E-state index contributed by atoms with van der Waals surface area (Å²) in [5, 5.41) is 12.5. The van der Waals surface area contributed by atoms with E-state index in [-0.39, 0.29) is 17.8 Å². The SMILES string of the molecule is CC1C2=C3C=CC1C(=O)NS(=O)(=O)[C@H](C)[C@@H](C)CCC[C@](O)(CN1CCCC1)[C@@H]1CC[C@H]1CN2CCCCc1cc(Cl)ccc1CO3. The van der Waals surface area contributed by atoms with Gasteiger partial charge in [-0.2, -0.15) is 0 Å². The average molecular weight is 688 g/mol. The number of aryl methyl sites for hydroxylation is 1. The second kappa shape index (κ2) is 14.4. The highest BCUT2D eigenvalue weighted by Crippen LogP contribution is 2.47. The predicted molar refractivity (Wildman–Crippen MR) is 186 cm³/mol. The number of hydrogen-bond acceptors (Lipinski definition) is 7. The summed E-state index contributed by atoms with van der Waals surface area (Å²) >= 11 is 6.38. The summed E-state index contributed by atoms with van der Waals surface area (Å²) in [7, 11) is -3.90. The molecule has 2 N–H and O–H groups in total. The Hall–Kier alpha value is -2.07. The Labute approximate surface area is 287 Å². The largest absolute Gasteiger partial charge is 0.487 e. The van der Waals surface area contributed by atoms with Crippen molar-refractivity contribution in [1.82, 2.24) is 14.5 Å². The first-order valence-corrected chi connectivity index (χ1v) is 20.0. The molecule has 0 radical (unpaired) electrons. The number of carbonyl (C=O) groups is 1. The van der Waals surface area contributed by atoms with E-state index in [0.29, 0.717) is 31.9 Å². The van der Waals surface area contributed by atoms with E-state index in [1.807, 2.05) is 44.2 Å². The lowest BCUT2D eigenvalue weighted by atomic mass is 9.62. The maximum atomic E-state index is 13.7. The number of β-amino-alcohol motifs (C(OH)–C–C–N with tert-alkyl or cyclic N) is 1. The van der Waals surface area contributed by atoms with Gasteiger partial charge in [0.15, 0.2) is 0 Å². The van der Waals surface area contributed by atoms with Crippen molar-refractivity contribution < 1.29 is 23.1 Å². The lowest BCUT2D eigenvalue weighted by Gasteiger charge is -2.51. The molecule has 3 aliphatic heterocycles. The van der Waals surface area contributed by atoms with E-state index in [2.05, 4.69) is 14.5 Å². The highest BCUT2D eigenvalue weighted by molar-refractivity contribution is 7.90. The van der Waals surface area contributed by atoms with Gasteiger partial charge in [0.25, 0.3) is 0 Å². The summed E-state index contributed by atoms with van der Waals surface area (Å²) in [6.07, 6.45) is 13.1. The van der Waals surface area contributed by atoms with Gasteiger partial charge >= 0.3 is 0 Å². The number of hydrogen-bond donors (Lipinski definition) is 2. The Kier molecular flexibility index (Phi) is 10.7. The van der Waals surface area contributed by atoms with Gasteiger partial charge in [-0.05, 0) is 125 Å². The smallest absolute Gasteiger partial charge is 0.241 e. The zero-order valence-corrected chi connectivity index (χ0v) is 30.0. The highest BCUT2D eigenvalue weighted by atomic mass is 35.5. The van der Waals surface area contributed by atoms with Crippen LogP contribution in [-0.2, 0) is 32.6 Å². The molecule has 5 aliphatic rings. The third-order valence-corrected chi connectivity index (χ3v) is 14.2. The van der Waals surface area contributed by atoms with Crippen LogP contribution in [0.4, 0.5) is 0 Å². The Morgan fingerprint density at radius 1 is 1.02 bits per heavy atom. The van der Waals surface area contributed by atoms with E-state index in [1.165, 1.54) is 18.4 Å². The molecule has 1 aromatic carbocycles. The number of allylic oxidation sites excluding steroid dienone is 2. The Morgan fingerprint density at radius 3 is 2.53 bits per heavy atom. The molecular formula is C37H54ClN3O5S. The number of likely N-dealkylation sites (tertiary alicyclic amines) is 1. The van der Waals surface area contributed by atoms with Crippen LogP contribution in [0.15, 0.2) is 41.8 Å². The zero-order valence-electron chi connectivity index (χ0n) is 28.4. The van der Waals surface area contributed by atoms with Crippen molar-refractivity contribution >= 4 is 27.5 Å². The summed E-state index contributed by atoms with van der Waals surface area (Å²) in [5.74, 6) is -0.341. The first-order valence-electron chi connectivity index (χ1n) is 18.0. The second-order valence-electron chi connectivity index (χ2n) is 15.1. The molecular weight excluding hydrogens is 634 g/mol. The molecule has 8 nitrogen and oxygen atoms in total. The first kappa shape index (κ1) is 34.8. The number of carbonyl (C=O) groups excluding carboxylic acids is 1. The van der Waals surface area contributed by atoms with E-state index in [4.69, 9.17) is 16.3 Å². The van der Waals surface area contributed by atoms with Gasteiger partial charge < -0.3 is 19.6 Å². The van der Waals surface area contributed by atoms with E-state index in [1.54, 1.807) is 6.92 Å². The topological polar surface area (TPSA) is 99.2 Å². The van der Waals surface area contributed by atoms with Gasteiger partial charge in [0.2, 0.25) is 15.9 Å². The molecule has 3 fully saturated rings. The molecule has 0 spiro atoms. The first-order chi connectivity index (χ1) is 22.4. The number of sulfonamides is 1. The summed E-state index contributed by atoms with van der Waals surface area (Å²) < 4.78 is 36.1. The van der Waals surface area contributed by atoms with Gasteiger partial charge in [-0.25, -0.2) is 8.42 Å². The predicted octanol–water partition coefficient (Wildman–Crippen LogP) is 6.04. The molecule has 1 amide bonds. The van der Waals surface area contributed by atoms with Crippen LogP contribution in [-0.4, -0.2) is 72.8 Å². The summed E-state index contributed by atoms with van der Waals surface area (Å²) in [6, 6.07) is 5.98. The molecule has 1 aromatic rings. The third kappa shape index (κ3) is 7.58. The second-order valence-corrected chi connectivity index (χ2v) is 17.6. The zero-order chi connectivity index (χ0) is 33.3. The molecule has 0 aromatic heterocycles. The van der Waals surface area contributed by atoms with Crippen molar-refractivity contribution in [3.05, 3.63) is 58.0 Å². The van der Waals surface area contributed by atoms with Gasteiger partial charge in [-0.3, -0.25) is 9.52 Å². The molecule has 2 saturated heterocycles. The van der Waals surface area contributed by atoms with Crippen LogP contribution >= 0.6 is 11.6 Å². The molecule has 3 heterocycles. The van der Waals surface area contributed by atoms with Gasteiger partial charge in [-0.15, -0.1) is 0 Å². The molecule has 2 aliphatic carbocycles. The number of nitrogens with zero attached hydrogens (tertiary/aromatic N) is 2. The number of halogens is 1. The summed E-state index contributed by atoms with van der Waals surface area (Å²) in [4.78, 5) is 18.6. The van der Waals surface area contributed by atoms with Crippen LogP contribution in [0.2, 0.25) is 5.02 Å². The Morgan fingerprint density at radius 2 is 1.79 bits per heavy atom. The summed E-state index contributed by atoms with van der Waals surface area (Å²) in [6.45, 7) is 10.4. The monoisotopic (exact) mass is 687 g/mol. The van der Waals surface area contributed by atoms with E-state index in [0.717, 1.165) is 86.7 Å². The van der Waals surface area contributed by atoms with Crippen LogP contribution in [0.3, 0.4) is 0 Å². The number of rotatable bonds is 2. The number of ether oxygens (including phenoxy) is 1. The number of fused-ring (bicyclic) bond motifs is 3. The van der Waals surface area contributed by atoms with Crippen LogP contribution in [0.1, 0.15) is 89.7 Å². The van der Waals surface area contributed by atoms with Crippen molar-refractivity contribution in [2.75, 3.05) is 32.7 Å². The fourth-order valence-electron chi connectivity index (χ4n) is 8.83. The van der Waals surface area contributed by atoms with Crippen molar-refractivity contribution in [3.63, 3.8) is 0 Å². The number of benzene rings is 1. The van der Waals surface area contributed by atoms with Crippen LogP contribution in [0, 0.1) is 29.6 Å². The molecule has 260 valence electrons. The van der Waals surface area contributed by atoms with E-state index in [9.17, 15) is 18.3 Å². The van der Waals surface area contributed by atoms with Gasteiger partial charge in [0.1, 0.15) is 12.4 Å². The maximum absolute atomic E-state index is 13.7. The quantitative estimate of drug-likeness (QED) is 0.392. The molecule has 2 bridgehead atoms. The van der Waals surface area contributed by atoms with Crippen molar-refractivity contribution in [2.45, 2.75) is 102 Å². The van der Waals surface area contributed by atoms with Crippen LogP contribution in [0.25, 0.3) is 0 Å². The molecule has 2 unspecified atom stereocenters. The number of amides is 1. The van der Waals surface area contributed by atoms with Crippen molar-refractivity contribution in [1.29, 1.82) is 0 Å². The molecule has 47 heavy (non-hydrogen) atoms. The molecule has 7 atom stereocenters. The third-order valence-electron chi connectivity index (χ3n) is 12.1. The van der Waals surface area contributed by atoms with Crippen LogP contribution in [0.5, 0.6) is 0 Å². The Balaban J connectivity index is 1.37. The van der Waals surface area contributed by atoms with Gasteiger partial charge in [0, 0.05) is 30.6 Å². The molecule has 6 rings (SSSR count). The molecule has 1 saturated carbocycles. The van der Waals surface area contributed by atoms with Gasteiger partial charge in [-0.1, -0.05) is 44.0 Å². The minimum Gasteiger partial charge on any atom is -0.487 e. The normalized spacial score (nSPS) is 35.5. The minimum absolute atomic E-state index is 0.154. The Bertz CT molecular complexity index is 1470. The lowest BCUT2D eigenvalue weighted by Crippen LogP contribution is -2.56. The van der Waals surface area contributed by atoms with E-state index < -0.39 is 32.7 Å². The minimum atomic E-state index is -3.90. The lowest BCUT2D eigenvalue weighted by molar-refractivity contribution is -0.123.